The lowest BCUT2D eigenvalue weighted by atomic mass is 10.1. The molecule has 1 fully saturated rings. The molecule has 0 spiro atoms. The first-order valence-corrected chi connectivity index (χ1v) is 10.1. The highest BCUT2D eigenvalue weighted by atomic mass is 16.2. The van der Waals surface area contributed by atoms with Crippen LogP contribution in [0.15, 0.2) is 29.3 Å². The van der Waals surface area contributed by atoms with Crippen LogP contribution >= 0.6 is 0 Å². The van der Waals surface area contributed by atoms with E-state index in [2.05, 4.69) is 22.5 Å². The molecule has 1 saturated heterocycles. The molecule has 1 aromatic rings. The molecule has 1 heterocycles. The van der Waals surface area contributed by atoms with E-state index >= 15 is 0 Å². The average molecular weight is 388 g/mol. The number of amides is 2. The van der Waals surface area contributed by atoms with Crippen molar-refractivity contribution in [3.63, 3.8) is 0 Å². The van der Waals surface area contributed by atoms with Gasteiger partial charge in [0.15, 0.2) is 5.96 Å². The molecule has 28 heavy (non-hydrogen) atoms. The number of hydrogen-bond acceptors (Lipinski definition) is 3. The van der Waals surface area contributed by atoms with Crippen molar-refractivity contribution in [2.75, 3.05) is 32.7 Å². The second-order valence-corrected chi connectivity index (χ2v) is 7.15. The fourth-order valence-corrected chi connectivity index (χ4v) is 3.05. The molecule has 2 N–H and O–H groups in total. The van der Waals surface area contributed by atoms with Crippen LogP contribution in [0.3, 0.4) is 0 Å². The molecule has 7 nitrogen and oxygen atoms in total. The molecule has 2 rings (SSSR count). The summed E-state index contributed by atoms with van der Waals surface area (Å²) >= 11 is 0. The lowest BCUT2D eigenvalue weighted by molar-refractivity contribution is -0.130. The van der Waals surface area contributed by atoms with Gasteiger partial charge in [-0.3, -0.25) is 9.59 Å². The molecule has 7 heteroatoms. The number of rotatable bonds is 6. The van der Waals surface area contributed by atoms with Crippen LogP contribution in [-0.4, -0.2) is 66.3 Å². The minimum Gasteiger partial charge on any atom is -0.357 e. The Labute approximate surface area is 168 Å². The van der Waals surface area contributed by atoms with Crippen molar-refractivity contribution in [1.82, 2.24) is 20.4 Å². The topological polar surface area (TPSA) is 77.0 Å². The van der Waals surface area contributed by atoms with Gasteiger partial charge in [0.05, 0.1) is 6.54 Å². The molecule has 0 aromatic heterocycles. The Morgan fingerprint density at radius 1 is 1.14 bits per heavy atom. The quantitative estimate of drug-likeness (QED) is 0.577. The summed E-state index contributed by atoms with van der Waals surface area (Å²) in [5, 5.41) is 6.33. The van der Waals surface area contributed by atoms with Gasteiger partial charge in [-0.15, -0.1) is 0 Å². The van der Waals surface area contributed by atoms with Crippen LogP contribution in [0.5, 0.6) is 0 Å². The maximum Gasteiger partial charge on any atom is 0.251 e. The van der Waals surface area contributed by atoms with Gasteiger partial charge in [0, 0.05) is 51.3 Å². The number of aliphatic imine (C=N–C) groups is 1. The van der Waals surface area contributed by atoms with Crippen molar-refractivity contribution in [3.8, 4) is 0 Å². The fourth-order valence-electron chi connectivity index (χ4n) is 3.05. The highest BCUT2D eigenvalue weighted by Gasteiger charge is 2.20. The molecule has 1 unspecified atom stereocenters. The molecule has 0 saturated carbocycles. The Kier molecular flexibility index (Phi) is 8.29. The SMILES string of the molecule is CCNC(=NCc1cccc(C(=O)NC(C)CC)c1)N1CCN(C(C)=O)CC1. The van der Waals surface area contributed by atoms with E-state index in [1.54, 1.807) is 6.92 Å². The van der Waals surface area contributed by atoms with Crippen molar-refractivity contribution in [2.45, 2.75) is 46.7 Å². The second kappa shape index (κ2) is 10.7. The standard InChI is InChI=1S/C21H33N5O2/c1-5-16(3)24-20(28)19-9-7-8-18(14-19)15-23-21(22-6-2)26-12-10-25(11-13-26)17(4)27/h7-9,14,16H,5-6,10-13,15H2,1-4H3,(H,22,23)(H,24,28). The van der Waals surface area contributed by atoms with Crippen molar-refractivity contribution >= 4 is 17.8 Å². The molecule has 0 bridgehead atoms. The van der Waals surface area contributed by atoms with E-state index in [-0.39, 0.29) is 17.9 Å². The monoisotopic (exact) mass is 387 g/mol. The molecule has 1 atom stereocenters. The van der Waals surface area contributed by atoms with Crippen LogP contribution in [-0.2, 0) is 11.3 Å². The lowest BCUT2D eigenvalue weighted by Gasteiger charge is -2.36. The Hall–Kier alpha value is -2.57. The molecule has 0 radical (unpaired) electrons. The normalized spacial score (nSPS) is 15.9. The van der Waals surface area contributed by atoms with E-state index in [1.807, 2.05) is 43.0 Å². The van der Waals surface area contributed by atoms with Crippen LogP contribution in [0, 0.1) is 0 Å². The van der Waals surface area contributed by atoms with E-state index in [0.717, 1.165) is 37.6 Å². The summed E-state index contributed by atoms with van der Waals surface area (Å²) < 4.78 is 0. The first-order valence-electron chi connectivity index (χ1n) is 10.1. The Balaban J connectivity index is 2.03. The van der Waals surface area contributed by atoms with Crippen LogP contribution in [0.1, 0.15) is 50.0 Å². The molecule has 0 aliphatic carbocycles. The van der Waals surface area contributed by atoms with Gasteiger partial charge in [0.2, 0.25) is 5.91 Å². The summed E-state index contributed by atoms with van der Waals surface area (Å²) in [5.41, 5.74) is 1.66. The minimum atomic E-state index is -0.0487. The molecule has 154 valence electrons. The van der Waals surface area contributed by atoms with Crippen molar-refractivity contribution in [2.24, 2.45) is 4.99 Å². The fraction of sp³-hybridized carbons (Fsp3) is 0.571. The molecule has 2 amide bonds. The summed E-state index contributed by atoms with van der Waals surface area (Å²) in [6.45, 7) is 11.9. The van der Waals surface area contributed by atoms with Gasteiger partial charge in [-0.05, 0) is 38.0 Å². The summed E-state index contributed by atoms with van der Waals surface area (Å²) in [6, 6.07) is 7.77. The zero-order valence-corrected chi connectivity index (χ0v) is 17.5. The van der Waals surface area contributed by atoms with Crippen LogP contribution in [0.25, 0.3) is 0 Å². The van der Waals surface area contributed by atoms with Crippen LogP contribution in [0.4, 0.5) is 0 Å². The van der Waals surface area contributed by atoms with E-state index in [1.165, 1.54) is 0 Å². The van der Waals surface area contributed by atoms with Crippen LogP contribution < -0.4 is 10.6 Å². The molecular formula is C21H33N5O2. The smallest absolute Gasteiger partial charge is 0.251 e. The van der Waals surface area contributed by atoms with Gasteiger partial charge in [-0.2, -0.15) is 0 Å². The van der Waals surface area contributed by atoms with Gasteiger partial charge < -0.3 is 20.4 Å². The zero-order chi connectivity index (χ0) is 20.5. The molecular weight excluding hydrogens is 354 g/mol. The van der Waals surface area contributed by atoms with Gasteiger partial charge in [-0.1, -0.05) is 19.1 Å². The predicted octanol–water partition coefficient (Wildman–Crippen LogP) is 1.84. The third-order valence-corrected chi connectivity index (χ3v) is 4.95. The lowest BCUT2D eigenvalue weighted by Crippen LogP contribution is -2.53. The Morgan fingerprint density at radius 2 is 1.82 bits per heavy atom. The van der Waals surface area contributed by atoms with E-state index in [9.17, 15) is 9.59 Å². The zero-order valence-electron chi connectivity index (χ0n) is 17.5. The highest BCUT2D eigenvalue weighted by Crippen LogP contribution is 2.09. The number of carbonyl (C=O) groups excluding carboxylic acids is 2. The summed E-state index contributed by atoms with van der Waals surface area (Å²) in [5.74, 6) is 0.918. The first kappa shape index (κ1) is 21.7. The van der Waals surface area contributed by atoms with Gasteiger partial charge in [0.1, 0.15) is 0 Å². The Morgan fingerprint density at radius 3 is 2.43 bits per heavy atom. The number of guanidine groups is 1. The number of nitrogens with zero attached hydrogens (tertiary/aromatic N) is 3. The second-order valence-electron chi connectivity index (χ2n) is 7.15. The largest absolute Gasteiger partial charge is 0.357 e. The number of hydrogen-bond donors (Lipinski definition) is 2. The number of nitrogens with one attached hydrogen (secondary N) is 2. The highest BCUT2D eigenvalue weighted by molar-refractivity contribution is 5.94. The average Bonchev–Trinajstić information content (AvgIpc) is 2.71. The Bertz CT molecular complexity index is 696. The number of piperazine rings is 1. The maximum absolute atomic E-state index is 12.3. The molecule has 1 aromatic carbocycles. The van der Waals surface area contributed by atoms with Gasteiger partial charge in [-0.25, -0.2) is 4.99 Å². The number of carbonyl (C=O) groups is 2. The van der Waals surface area contributed by atoms with Crippen molar-refractivity contribution in [3.05, 3.63) is 35.4 Å². The summed E-state index contributed by atoms with van der Waals surface area (Å²) in [7, 11) is 0. The maximum atomic E-state index is 12.3. The van der Waals surface area contributed by atoms with Crippen molar-refractivity contribution < 1.29 is 9.59 Å². The van der Waals surface area contributed by atoms with E-state index in [0.29, 0.717) is 25.2 Å². The molecule has 1 aliphatic rings. The predicted molar refractivity (Wildman–Crippen MR) is 112 cm³/mol. The van der Waals surface area contributed by atoms with E-state index in [4.69, 9.17) is 4.99 Å². The number of benzene rings is 1. The van der Waals surface area contributed by atoms with Crippen molar-refractivity contribution in [1.29, 1.82) is 0 Å². The van der Waals surface area contributed by atoms with Gasteiger partial charge >= 0.3 is 0 Å². The van der Waals surface area contributed by atoms with E-state index < -0.39 is 0 Å². The van der Waals surface area contributed by atoms with Crippen LogP contribution in [0.2, 0.25) is 0 Å². The molecule has 1 aliphatic heterocycles. The summed E-state index contributed by atoms with van der Waals surface area (Å²) in [4.78, 5) is 32.6. The third kappa shape index (κ3) is 6.25. The minimum absolute atomic E-state index is 0.0487. The van der Waals surface area contributed by atoms with Gasteiger partial charge in [0.25, 0.3) is 5.91 Å². The third-order valence-electron chi connectivity index (χ3n) is 4.95. The summed E-state index contributed by atoms with van der Waals surface area (Å²) in [6.07, 6.45) is 0.901. The first-order chi connectivity index (χ1) is 13.4.